The van der Waals surface area contributed by atoms with Crippen LogP contribution in [0.5, 0.6) is 0 Å². The van der Waals surface area contributed by atoms with Gasteiger partial charge in [0.2, 0.25) is 5.91 Å². The first-order chi connectivity index (χ1) is 15.4. The van der Waals surface area contributed by atoms with Crippen LogP contribution in [0.2, 0.25) is 0 Å². The van der Waals surface area contributed by atoms with Crippen molar-refractivity contribution in [1.82, 2.24) is 10.2 Å². The van der Waals surface area contributed by atoms with Crippen molar-refractivity contribution in [3.05, 3.63) is 53.6 Å². The largest absolute Gasteiger partial charge is 0.392 e. The number of aliphatic imine (C=N–C) groups is 1. The van der Waals surface area contributed by atoms with Crippen LogP contribution in [0.4, 0.5) is 5.69 Å². The SMILES string of the molecule is CC(O)CNC(=O)C1CC(N)=Nc2cc(-c3ccc(C(=O)N4CCCC4)cc3)ccc2C1. The van der Waals surface area contributed by atoms with Gasteiger partial charge in [0, 0.05) is 37.5 Å². The standard InChI is InChI=1S/C25H30N4O3/c1-16(30)15-27-24(31)21-12-20-9-8-19(13-22(20)28-23(26)14-21)17-4-6-18(7-5-17)25(32)29-10-2-3-11-29/h4-9,13,16,21,30H,2-3,10-12,14-15H2,1H3,(H2,26,28)(H,27,31). The smallest absolute Gasteiger partial charge is 0.253 e. The number of nitrogens with one attached hydrogen (secondary N) is 1. The predicted molar refractivity (Wildman–Crippen MR) is 125 cm³/mol. The van der Waals surface area contributed by atoms with Gasteiger partial charge in [-0.3, -0.25) is 9.59 Å². The molecule has 1 fully saturated rings. The second-order valence-corrected chi connectivity index (χ2v) is 8.72. The van der Waals surface area contributed by atoms with Crippen LogP contribution in [0.3, 0.4) is 0 Å². The maximum Gasteiger partial charge on any atom is 0.253 e. The van der Waals surface area contributed by atoms with Crippen molar-refractivity contribution in [2.45, 2.75) is 38.7 Å². The number of carbonyl (C=O) groups is 2. The lowest BCUT2D eigenvalue weighted by molar-refractivity contribution is -0.125. The number of hydrogen-bond donors (Lipinski definition) is 3. The first-order valence-corrected chi connectivity index (χ1v) is 11.2. The Hall–Kier alpha value is -3.19. The monoisotopic (exact) mass is 434 g/mol. The molecule has 0 aromatic heterocycles. The van der Waals surface area contributed by atoms with E-state index in [1.807, 2.05) is 47.4 Å². The molecule has 2 unspecified atom stereocenters. The third-order valence-electron chi connectivity index (χ3n) is 6.07. The molecule has 2 aromatic carbocycles. The number of amides is 2. The first-order valence-electron chi connectivity index (χ1n) is 11.2. The maximum absolute atomic E-state index is 12.6. The number of likely N-dealkylation sites (tertiary alicyclic amines) is 1. The van der Waals surface area contributed by atoms with Crippen molar-refractivity contribution in [1.29, 1.82) is 0 Å². The summed E-state index contributed by atoms with van der Waals surface area (Å²) in [6.07, 6.45) is 2.47. The molecule has 4 N–H and O–H groups in total. The molecule has 0 bridgehead atoms. The van der Waals surface area contributed by atoms with Crippen molar-refractivity contribution in [3.63, 3.8) is 0 Å². The second kappa shape index (κ2) is 9.53. The van der Waals surface area contributed by atoms with Crippen LogP contribution in [0.1, 0.15) is 42.1 Å². The van der Waals surface area contributed by atoms with Crippen molar-refractivity contribution < 1.29 is 14.7 Å². The molecule has 4 rings (SSSR count). The van der Waals surface area contributed by atoms with Crippen LogP contribution in [0.15, 0.2) is 47.5 Å². The number of fused-ring (bicyclic) bond motifs is 1. The molecule has 32 heavy (non-hydrogen) atoms. The van der Waals surface area contributed by atoms with Gasteiger partial charge in [-0.2, -0.15) is 0 Å². The molecule has 2 aliphatic heterocycles. The quantitative estimate of drug-likeness (QED) is 0.672. The summed E-state index contributed by atoms with van der Waals surface area (Å²) in [5, 5.41) is 12.2. The minimum Gasteiger partial charge on any atom is -0.392 e. The Bertz CT molecular complexity index is 1020. The normalized spacial score (nSPS) is 19.0. The van der Waals surface area contributed by atoms with E-state index in [-0.39, 0.29) is 24.3 Å². The van der Waals surface area contributed by atoms with Gasteiger partial charge in [0.05, 0.1) is 11.8 Å². The Kier molecular flexibility index (Phi) is 6.55. The summed E-state index contributed by atoms with van der Waals surface area (Å²) in [6.45, 7) is 3.52. The number of nitrogens with zero attached hydrogens (tertiary/aromatic N) is 2. The molecule has 7 heteroatoms. The molecule has 0 saturated carbocycles. The average Bonchev–Trinajstić information content (AvgIpc) is 3.26. The van der Waals surface area contributed by atoms with Gasteiger partial charge in [-0.05, 0) is 61.1 Å². The number of nitrogens with two attached hydrogens (primary N) is 1. The van der Waals surface area contributed by atoms with E-state index in [9.17, 15) is 14.7 Å². The highest BCUT2D eigenvalue weighted by Gasteiger charge is 2.25. The van der Waals surface area contributed by atoms with Gasteiger partial charge in [0.25, 0.3) is 5.91 Å². The van der Waals surface area contributed by atoms with E-state index in [4.69, 9.17) is 5.73 Å². The van der Waals surface area contributed by atoms with E-state index in [0.29, 0.717) is 24.2 Å². The number of rotatable bonds is 5. The summed E-state index contributed by atoms with van der Waals surface area (Å²) in [4.78, 5) is 31.6. The Morgan fingerprint density at radius 3 is 2.50 bits per heavy atom. The molecule has 7 nitrogen and oxygen atoms in total. The Morgan fingerprint density at radius 2 is 1.81 bits per heavy atom. The van der Waals surface area contributed by atoms with Crippen LogP contribution < -0.4 is 11.1 Å². The highest BCUT2D eigenvalue weighted by molar-refractivity contribution is 5.95. The number of hydrogen-bond acceptors (Lipinski definition) is 5. The highest BCUT2D eigenvalue weighted by Crippen LogP contribution is 2.32. The minimum atomic E-state index is -0.595. The third kappa shape index (κ3) is 4.99. The van der Waals surface area contributed by atoms with Gasteiger partial charge < -0.3 is 21.1 Å². The van der Waals surface area contributed by atoms with Crippen LogP contribution in [0, 0.1) is 5.92 Å². The van der Waals surface area contributed by atoms with Crippen molar-refractivity contribution in [2.75, 3.05) is 19.6 Å². The van der Waals surface area contributed by atoms with Crippen LogP contribution in [0.25, 0.3) is 11.1 Å². The Morgan fingerprint density at radius 1 is 1.12 bits per heavy atom. The van der Waals surface area contributed by atoms with Crippen molar-refractivity contribution >= 4 is 23.3 Å². The number of aliphatic hydroxyl groups is 1. The summed E-state index contributed by atoms with van der Waals surface area (Å²) in [6, 6.07) is 13.7. The fraction of sp³-hybridized carbons (Fsp3) is 0.400. The molecule has 0 spiro atoms. The predicted octanol–water partition coefficient (Wildman–Crippen LogP) is 2.64. The fourth-order valence-electron chi connectivity index (χ4n) is 4.30. The molecule has 1 saturated heterocycles. The Labute approximate surface area is 188 Å². The van der Waals surface area contributed by atoms with Crippen LogP contribution in [-0.2, 0) is 11.2 Å². The summed E-state index contributed by atoms with van der Waals surface area (Å²) < 4.78 is 0. The van der Waals surface area contributed by atoms with E-state index in [1.165, 1.54) is 0 Å². The Balaban J connectivity index is 1.52. The van der Waals surface area contributed by atoms with E-state index in [2.05, 4.69) is 10.3 Å². The number of carbonyl (C=O) groups excluding carboxylic acids is 2. The highest BCUT2D eigenvalue weighted by atomic mass is 16.3. The minimum absolute atomic E-state index is 0.0910. The number of benzene rings is 2. The molecule has 2 heterocycles. The second-order valence-electron chi connectivity index (χ2n) is 8.72. The lowest BCUT2D eigenvalue weighted by Gasteiger charge is -2.16. The fourth-order valence-corrected chi connectivity index (χ4v) is 4.30. The molecule has 2 atom stereocenters. The summed E-state index contributed by atoms with van der Waals surface area (Å²) >= 11 is 0. The van der Waals surface area contributed by atoms with E-state index >= 15 is 0 Å². The molecular formula is C25H30N4O3. The molecule has 0 aliphatic carbocycles. The van der Waals surface area contributed by atoms with Crippen molar-refractivity contribution in [2.24, 2.45) is 16.6 Å². The molecule has 2 amide bonds. The van der Waals surface area contributed by atoms with Gasteiger partial charge in [-0.25, -0.2) is 4.99 Å². The summed E-state index contributed by atoms with van der Waals surface area (Å²) in [5.41, 5.74) is 10.5. The van der Waals surface area contributed by atoms with Gasteiger partial charge in [0.15, 0.2) is 0 Å². The molecule has 0 radical (unpaired) electrons. The van der Waals surface area contributed by atoms with Crippen LogP contribution >= 0.6 is 0 Å². The molecule has 2 aliphatic rings. The zero-order valence-electron chi connectivity index (χ0n) is 18.4. The van der Waals surface area contributed by atoms with Gasteiger partial charge in [-0.1, -0.05) is 24.3 Å². The molecular weight excluding hydrogens is 404 g/mol. The zero-order valence-corrected chi connectivity index (χ0v) is 18.4. The summed E-state index contributed by atoms with van der Waals surface area (Å²) in [7, 11) is 0. The topological polar surface area (TPSA) is 108 Å². The average molecular weight is 435 g/mol. The first kappa shape index (κ1) is 22.0. The zero-order chi connectivity index (χ0) is 22.7. The van der Waals surface area contributed by atoms with E-state index < -0.39 is 6.10 Å². The van der Waals surface area contributed by atoms with E-state index in [0.717, 1.165) is 48.3 Å². The summed E-state index contributed by atoms with van der Waals surface area (Å²) in [5.74, 6) is 0.0673. The number of amidine groups is 1. The molecule has 2 aromatic rings. The van der Waals surface area contributed by atoms with Crippen molar-refractivity contribution in [3.8, 4) is 11.1 Å². The van der Waals surface area contributed by atoms with Crippen LogP contribution in [-0.4, -0.2) is 53.4 Å². The number of aliphatic hydroxyl groups excluding tert-OH is 1. The maximum atomic E-state index is 12.6. The van der Waals surface area contributed by atoms with Gasteiger partial charge in [-0.15, -0.1) is 0 Å². The van der Waals surface area contributed by atoms with Gasteiger partial charge in [0.1, 0.15) is 5.84 Å². The molecule has 168 valence electrons. The third-order valence-corrected chi connectivity index (χ3v) is 6.07. The lowest BCUT2D eigenvalue weighted by Crippen LogP contribution is -2.37. The van der Waals surface area contributed by atoms with Gasteiger partial charge >= 0.3 is 0 Å². The van der Waals surface area contributed by atoms with E-state index in [1.54, 1.807) is 6.92 Å². The lowest BCUT2D eigenvalue weighted by atomic mass is 9.93.